The summed E-state index contributed by atoms with van der Waals surface area (Å²) in [7, 11) is 0. The van der Waals surface area contributed by atoms with Gasteiger partial charge in [-0.1, -0.05) is 65.9 Å². The van der Waals surface area contributed by atoms with E-state index in [0.29, 0.717) is 18.3 Å². The number of fused-ring (bicyclic) bond motifs is 3. The number of alkyl carbamates (subject to hydrolysis) is 1. The summed E-state index contributed by atoms with van der Waals surface area (Å²) in [6.45, 7) is 2.60. The summed E-state index contributed by atoms with van der Waals surface area (Å²) < 4.78 is 5.51. The van der Waals surface area contributed by atoms with E-state index in [0.717, 1.165) is 10.6 Å². The third-order valence-electron chi connectivity index (χ3n) is 4.83. The maximum absolute atomic E-state index is 12.1. The monoisotopic (exact) mass is 391 g/mol. The third kappa shape index (κ3) is 3.64. The van der Waals surface area contributed by atoms with Crippen molar-refractivity contribution in [2.75, 3.05) is 18.9 Å². The van der Waals surface area contributed by atoms with E-state index in [1.807, 2.05) is 43.3 Å². The number of rotatable bonds is 5. The molecule has 3 N–H and O–H groups in total. The van der Waals surface area contributed by atoms with Crippen LogP contribution in [0.1, 0.15) is 27.6 Å². The predicted molar refractivity (Wildman–Crippen MR) is 113 cm³/mol. The van der Waals surface area contributed by atoms with Crippen molar-refractivity contribution < 1.29 is 9.53 Å². The highest BCUT2D eigenvalue weighted by atomic mass is 32.1. The molecule has 6 heteroatoms. The molecule has 28 heavy (non-hydrogen) atoms. The van der Waals surface area contributed by atoms with Crippen LogP contribution in [0.4, 0.5) is 9.93 Å². The number of carbonyl (C=O) groups is 1. The average Bonchev–Trinajstić information content (AvgIpc) is 3.20. The fourth-order valence-corrected chi connectivity index (χ4v) is 4.31. The molecule has 1 aliphatic rings. The molecule has 1 aromatic heterocycles. The molecule has 3 aromatic rings. The number of benzene rings is 2. The second-order valence-corrected chi connectivity index (χ2v) is 7.67. The van der Waals surface area contributed by atoms with Gasteiger partial charge >= 0.3 is 6.09 Å². The van der Waals surface area contributed by atoms with Crippen LogP contribution in [0.2, 0.25) is 0 Å². The molecule has 0 atom stereocenters. The highest BCUT2D eigenvalue weighted by Crippen LogP contribution is 2.44. The van der Waals surface area contributed by atoms with Gasteiger partial charge in [-0.3, -0.25) is 0 Å². The molecule has 5 nitrogen and oxygen atoms in total. The zero-order valence-electron chi connectivity index (χ0n) is 15.5. The Morgan fingerprint density at radius 3 is 2.43 bits per heavy atom. The molecule has 0 saturated carbocycles. The van der Waals surface area contributed by atoms with Crippen molar-refractivity contribution in [1.82, 2.24) is 10.3 Å². The van der Waals surface area contributed by atoms with Gasteiger partial charge in [0.05, 0.1) is 10.6 Å². The van der Waals surface area contributed by atoms with Gasteiger partial charge in [-0.25, -0.2) is 9.78 Å². The lowest BCUT2D eigenvalue weighted by Gasteiger charge is -2.14. The summed E-state index contributed by atoms with van der Waals surface area (Å²) in [4.78, 5) is 17.3. The van der Waals surface area contributed by atoms with E-state index in [1.165, 1.54) is 33.6 Å². The lowest BCUT2D eigenvalue weighted by atomic mass is 9.98. The van der Waals surface area contributed by atoms with E-state index in [4.69, 9.17) is 10.5 Å². The van der Waals surface area contributed by atoms with Gasteiger partial charge in [-0.2, -0.15) is 0 Å². The Bertz CT molecular complexity index is 996. The second-order valence-electron chi connectivity index (χ2n) is 6.61. The molecule has 0 spiro atoms. The minimum atomic E-state index is -0.424. The highest BCUT2D eigenvalue weighted by molar-refractivity contribution is 7.16. The van der Waals surface area contributed by atoms with Crippen molar-refractivity contribution in [3.8, 4) is 11.1 Å². The molecule has 0 fully saturated rings. The lowest BCUT2D eigenvalue weighted by Crippen LogP contribution is -2.26. The second kappa shape index (κ2) is 7.86. The third-order valence-corrected chi connectivity index (χ3v) is 5.78. The van der Waals surface area contributed by atoms with Crippen LogP contribution in [-0.4, -0.2) is 24.2 Å². The largest absolute Gasteiger partial charge is 0.449 e. The molecule has 0 bridgehead atoms. The number of nitrogens with two attached hydrogens (primary N) is 1. The first-order chi connectivity index (χ1) is 13.6. The van der Waals surface area contributed by atoms with Gasteiger partial charge in [-0.05, 0) is 35.3 Å². The van der Waals surface area contributed by atoms with Gasteiger partial charge in [0.15, 0.2) is 5.13 Å². The first-order valence-corrected chi connectivity index (χ1v) is 9.93. The Morgan fingerprint density at radius 1 is 1.18 bits per heavy atom. The first-order valence-electron chi connectivity index (χ1n) is 9.12. The molecule has 0 aliphatic heterocycles. The molecule has 2 aromatic carbocycles. The molecule has 1 amide bonds. The molecular weight excluding hydrogens is 370 g/mol. The quantitative estimate of drug-likeness (QED) is 0.667. The average molecular weight is 391 g/mol. The van der Waals surface area contributed by atoms with Crippen molar-refractivity contribution in [3.63, 3.8) is 0 Å². The van der Waals surface area contributed by atoms with Crippen molar-refractivity contribution >= 4 is 28.6 Å². The number of aryl methyl sites for hydroxylation is 1. The lowest BCUT2D eigenvalue weighted by molar-refractivity contribution is 0.144. The van der Waals surface area contributed by atoms with Gasteiger partial charge in [-0.15, -0.1) is 0 Å². The fourth-order valence-electron chi connectivity index (χ4n) is 3.54. The molecular formula is C22H21N3O2S. The maximum Gasteiger partial charge on any atom is 0.407 e. The zero-order valence-corrected chi connectivity index (χ0v) is 16.3. The number of amides is 1. The van der Waals surface area contributed by atoms with Crippen LogP contribution in [0.5, 0.6) is 0 Å². The van der Waals surface area contributed by atoms with Crippen LogP contribution in [-0.2, 0) is 4.74 Å². The topological polar surface area (TPSA) is 77.2 Å². The fraction of sp³-hybridized carbons (Fsp3) is 0.182. The number of hydrogen-bond acceptors (Lipinski definition) is 5. The van der Waals surface area contributed by atoms with Crippen molar-refractivity contribution in [3.05, 3.63) is 76.3 Å². The van der Waals surface area contributed by atoms with Crippen molar-refractivity contribution in [2.24, 2.45) is 0 Å². The normalized spacial score (nSPS) is 12.8. The van der Waals surface area contributed by atoms with Gasteiger partial charge < -0.3 is 15.8 Å². The van der Waals surface area contributed by atoms with E-state index >= 15 is 0 Å². The summed E-state index contributed by atoms with van der Waals surface area (Å²) >= 11 is 1.42. The number of aromatic nitrogens is 1. The number of nitrogen functional groups attached to an aromatic ring is 1. The number of thiazole rings is 1. The number of nitrogens with zero attached hydrogens (tertiary/aromatic N) is 1. The Labute approximate surface area is 167 Å². The highest BCUT2D eigenvalue weighted by Gasteiger charge is 2.28. The molecule has 4 rings (SSSR count). The van der Waals surface area contributed by atoms with E-state index in [1.54, 1.807) is 0 Å². The summed E-state index contributed by atoms with van der Waals surface area (Å²) in [5.74, 6) is 0.0662. The van der Waals surface area contributed by atoms with Crippen LogP contribution in [0.15, 0.2) is 54.6 Å². The number of nitrogens with one attached hydrogen (secondary N) is 1. The number of ether oxygens (including phenoxy) is 1. The summed E-state index contributed by atoms with van der Waals surface area (Å²) in [6.07, 6.45) is 3.35. The van der Waals surface area contributed by atoms with Crippen LogP contribution < -0.4 is 11.1 Å². The Kier molecular flexibility index (Phi) is 5.12. The first kappa shape index (κ1) is 18.3. The van der Waals surface area contributed by atoms with Crippen molar-refractivity contribution in [2.45, 2.75) is 12.8 Å². The summed E-state index contributed by atoms with van der Waals surface area (Å²) in [6, 6.07) is 16.6. The van der Waals surface area contributed by atoms with Gasteiger partial charge in [0.25, 0.3) is 0 Å². The standard InChI is InChI=1S/C22H21N3O2S/c1-14-20(28-21(23)25-14)11-6-12-24-22(26)27-13-19-17-9-4-2-7-15(17)16-8-3-5-10-18(16)19/h2-11,19H,12-13H2,1H3,(H2,23,25)(H,24,26). The molecule has 0 unspecified atom stereocenters. The Balaban J connectivity index is 1.34. The minimum absolute atomic E-state index is 0.0662. The van der Waals surface area contributed by atoms with E-state index in [2.05, 4.69) is 34.6 Å². The molecule has 0 radical (unpaired) electrons. The van der Waals surface area contributed by atoms with Crippen LogP contribution in [0, 0.1) is 6.92 Å². The van der Waals surface area contributed by atoms with Crippen molar-refractivity contribution in [1.29, 1.82) is 0 Å². The van der Waals surface area contributed by atoms with Crippen LogP contribution in [0.25, 0.3) is 17.2 Å². The van der Waals surface area contributed by atoms with Gasteiger partial charge in [0.2, 0.25) is 0 Å². The van der Waals surface area contributed by atoms with E-state index in [9.17, 15) is 4.79 Å². The summed E-state index contributed by atoms with van der Waals surface area (Å²) in [5, 5.41) is 3.30. The molecule has 142 valence electrons. The predicted octanol–water partition coefficient (Wildman–Crippen LogP) is 4.59. The minimum Gasteiger partial charge on any atom is -0.449 e. The Hall–Kier alpha value is -3.12. The smallest absolute Gasteiger partial charge is 0.407 e. The number of anilines is 1. The zero-order chi connectivity index (χ0) is 19.5. The van der Waals surface area contributed by atoms with Crippen LogP contribution >= 0.6 is 11.3 Å². The van der Waals surface area contributed by atoms with E-state index < -0.39 is 6.09 Å². The number of carbonyl (C=O) groups excluding carboxylic acids is 1. The molecule has 0 saturated heterocycles. The van der Waals surface area contributed by atoms with Gasteiger partial charge in [0.1, 0.15) is 6.61 Å². The Morgan fingerprint density at radius 2 is 1.82 bits per heavy atom. The van der Waals surface area contributed by atoms with E-state index in [-0.39, 0.29) is 5.92 Å². The summed E-state index contributed by atoms with van der Waals surface area (Å²) in [5.41, 5.74) is 11.4. The maximum atomic E-state index is 12.1. The molecule has 1 heterocycles. The van der Waals surface area contributed by atoms with Crippen LogP contribution in [0.3, 0.4) is 0 Å². The SMILES string of the molecule is Cc1nc(N)sc1C=CCNC(=O)OCC1c2ccccc2-c2ccccc21. The molecule has 1 aliphatic carbocycles. The number of hydrogen-bond donors (Lipinski definition) is 2. The van der Waals surface area contributed by atoms with Gasteiger partial charge in [0, 0.05) is 12.5 Å².